The number of aliphatic hydroxyl groups is 1. The fraction of sp³-hybridized carbons (Fsp3) is 0.625. The van der Waals surface area contributed by atoms with E-state index >= 15 is 4.39 Å². The largest absolute Gasteiger partial charge is 0.458 e. The molecule has 10 N–H and O–H groups in total. The predicted molar refractivity (Wildman–Crippen MR) is 420 cm³/mol. The Balaban J connectivity index is 0.730. The van der Waals surface area contributed by atoms with Crippen LogP contribution in [0, 0.1) is 24.6 Å². The van der Waals surface area contributed by atoms with Crippen LogP contribution in [0.2, 0.25) is 0 Å². The van der Waals surface area contributed by atoms with Crippen LogP contribution in [-0.2, 0) is 136 Å². The number of alkyl carbamates (subject to hydrolysis) is 1. The number of primary amides is 1. The number of halogens is 1. The zero-order chi connectivity index (χ0) is 84.9. The highest BCUT2D eigenvalue weighted by molar-refractivity contribution is 6.06. The number of pyridine rings is 2. The molecule has 1 aliphatic carbocycles. The lowest BCUT2D eigenvalue weighted by atomic mass is 9.81. The summed E-state index contributed by atoms with van der Waals surface area (Å²) in [5.41, 5.74) is 7.03. The molecule has 4 aromatic rings. The van der Waals surface area contributed by atoms with Gasteiger partial charge in [-0.15, -0.1) is 0 Å². The first-order chi connectivity index (χ1) is 56.9. The summed E-state index contributed by atoms with van der Waals surface area (Å²) in [6.45, 7) is 15.9. The lowest BCUT2D eigenvalue weighted by molar-refractivity contribution is -0.172. The SMILES string of the molecule is CC[C@@]1(O)C(=O)OCc2c1cc1n(c2=O)Cc2c-1nc1cc(F)c(C)c3c1c2[C@@H](NC(=O)OCc1ccc(NC(=O)C(CCCNC(N)=O)NC(=O)[C@@H](NC(=O)[C@H](CCNC(=O)CCOCCOCCOCCOCCOCCOCCOCCOCCOCCOCCOCCOC)NC(=O)CN2C(=O)CC(C)C2=O)C(C)C)cc1)CC3. The average Bonchev–Trinajstić information content (AvgIpc) is 1.51. The van der Waals surface area contributed by atoms with Crippen molar-refractivity contribution in [2.75, 3.05) is 184 Å². The maximum absolute atomic E-state index is 15.6. The normalized spacial score (nSPS) is 16.7. The second kappa shape index (κ2) is 49.3. The number of cyclic esters (lactones) is 1. The van der Waals surface area contributed by atoms with Gasteiger partial charge in [0.15, 0.2) is 5.60 Å². The van der Waals surface area contributed by atoms with Crippen LogP contribution in [0.25, 0.3) is 22.3 Å². The number of aromatic nitrogens is 2. The van der Waals surface area contributed by atoms with Crippen LogP contribution in [0.3, 0.4) is 0 Å². The lowest BCUT2D eigenvalue weighted by Crippen LogP contribution is -2.58. The van der Waals surface area contributed by atoms with Gasteiger partial charge in [0.05, 0.1) is 187 Å². The number of nitrogens with two attached hydrogens (primary N) is 1. The Morgan fingerprint density at radius 3 is 1.75 bits per heavy atom. The van der Waals surface area contributed by atoms with Crippen molar-refractivity contribution < 1.29 is 124 Å². The molecule has 652 valence electrons. The second-order valence-corrected chi connectivity index (χ2v) is 28.7. The van der Waals surface area contributed by atoms with E-state index in [9.17, 15) is 57.8 Å². The Hall–Kier alpha value is -9.29. The molecule has 2 aromatic heterocycles. The molecule has 5 heterocycles. The highest BCUT2D eigenvalue weighted by atomic mass is 19.1. The van der Waals surface area contributed by atoms with E-state index in [1.807, 2.05) is 0 Å². The smallest absolute Gasteiger partial charge is 0.407 e. The third-order valence-electron chi connectivity index (χ3n) is 19.9. The first kappa shape index (κ1) is 94.2. The summed E-state index contributed by atoms with van der Waals surface area (Å²) < 4.78 is 93.4. The fourth-order valence-electron chi connectivity index (χ4n) is 13.5. The topological polar surface area (TPSA) is 469 Å². The highest BCUT2D eigenvalue weighted by Crippen LogP contribution is 2.46. The maximum atomic E-state index is 15.6. The van der Waals surface area contributed by atoms with Gasteiger partial charge in [-0.25, -0.2) is 23.8 Å². The van der Waals surface area contributed by atoms with Crippen molar-refractivity contribution in [3.63, 3.8) is 0 Å². The van der Waals surface area contributed by atoms with Gasteiger partial charge in [0.1, 0.15) is 43.7 Å². The Bertz CT molecular complexity index is 4080. The minimum absolute atomic E-state index is 0.0237. The average molecular weight is 1660 g/mol. The van der Waals surface area contributed by atoms with Crippen LogP contribution >= 0.6 is 0 Å². The minimum atomic E-state index is -2.08. The summed E-state index contributed by atoms with van der Waals surface area (Å²) in [7, 11) is 1.63. The number of carbonyl (C=O) groups is 10. The number of anilines is 1. The van der Waals surface area contributed by atoms with Gasteiger partial charge in [0.2, 0.25) is 41.4 Å². The van der Waals surface area contributed by atoms with E-state index in [2.05, 4.69) is 37.2 Å². The van der Waals surface area contributed by atoms with Crippen LogP contribution in [0.5, 0.6) is 0 Å². The number of urea groups is 1. The third-order valence-corrected chi connectivity index (χ3v) is 19.9. The molecule has 10 amide bonds. The zero-order valence-electron chi connectivity index (χ0n) is 68.0. The molecule has 0 saturated carbocycles. The molecule has 0 radical (unpaired) electrons. The number of carbonyl (C=O) groups excluding carboxylic acids is 10. The first-order valence-electron chi connectivity index (χ1n) is 40.0. The van der Waals surface area contributed by atoms with E-state index < -0.39 is 119 Å². The quantitative estimate of drug-likeness (QED) is 0.0153. The number of methoxy groups -OCH3 is 1. The molecular weight excluding hydrogens is 1550 g/mol. The van der Waals surface area contributed by atoms with E-state index in [1.165, 1.54) is 22.8 Å². The lowest BCUT2D eigenvalue weighted by Gasteiger charge is -2.31. The molecule has 37 nitrogen and oxygen atoms in total. The van der Waals surface area contributed by atoms with Gasteiger partial charge in [0.25, 0.3) is 5.56 Å². The maximum Gasteiger partial charge on any atom is 0.407 e. The molecule has 118 heavy (non-hydrogen) atoms. The van der Waals surface area contributed by atoms with E-state index in [4.69, 9.17) is 77.0 Å². The van der Waals surface area contributed by atoms with E-state index in [1.54, 1.807) is 59.9 Å². The third kappa shape index (κ3) is 28.5. The van der Waals surface area contributed by atoms with Crippen LogP contribution < -0.4 is 48.5 Å². The van der Waals surface area contributed by atoms with Crippen LogP contribution in [-0.4, -0.2) is 276 Å². The number of hydrogen-bond donors (Lipinski definition) is 9. The van der Waals surface area contributed by atoms with Gasteiger partial charge >= 0.3 is 18.1 Å². The molecule has 8 rings (SSSR count). The molecule has 38 heteroatoms. The van der Waals surface area contributed by atoms with Crippen LogP contribution in [0.1, 0.15) is 118 Å². The zero-order valence-corrected chi connectivity index (χ0v) is 68.0. The molecule has 3 aliphatic heterocycles. The van der Waals surface area contributed by atoms with Crippen molar-refractivity contribution in [1.82, 2.24) is 46.4 Å². The van der Waals surface area contributed by atoms with Crippen molar-refractivity contribution in [3.8, 4) is 11.4 Å². The second-order valence-electron chi connectivity index (χ2n) is 28.7. The molecule has 0 spiro atoms. The Labute approximate surface area is 683 Å². The molecule has 6 atom stereocenters. The highest BCUT2D eigenvalue weighted by Gasteiger charge is 2.46. The number of aryl methyl sites for hydroxylation is 1. The molecule has 2 aromatic carbocycles. The number of ether oxygens (including phenoxy) is 14. The molecule has 0 bridgehead atoms. The number of nitrogens with one attached hydrogen (secondary N) is 7. The standard InChI is InChI=1S/C80H114FN11O26/c1-7-80(104)58-44-64-71-56(46-91(64)76(100)57(58)49-117-77(80)101)69-60(15-14-55-52(5)59(81)45-63(87-71)68(55)69)89-79(103)118-48-53-10-12-54(13-11-53)85-72(96)61(9-8-18-84-78(82)102)88-74(98)70(50(2)3)90-73(97)62(86-66(94)47-92-67(95)43-51(4)75(92)99)16-19-83-65(93)17-20-106-23-24-108-27-28-110-31-32-112-35-36-114-39-40-116-42-41-115-38-37-113-34-33-111-30-29-109-26-25-107-22-21-105-6/h10-13,44-45,50-51,60-62,70,104H,7-9,14-43,46-49H2,1-6H3,(H,83,93)(H,85,96)(H,86,94)(H,88,98)(H,89,103)(H,90,97)(H3,82,84,102)/t51?,60-,61?,62-,70-,80-/m0/s1. The minimum Gasteiger partial charge on any atom is -0.458 e. The van der Waals surface area contributed by atoms with Gasteiger partial charge in [-0.1, -0.05) is 39.8 Å². The van der Waals surface area contributed by atoms with Gasteiger partial charge in [0, 0.05) is 67.2 Å². The Kier molecular flexibility index (Phi) is 39.4. The summed E-state index contributed by atoms with van der Waals surface area (Å²) >= 11 is 0. The molecular formula is C80H114FN11O26. The molecule has 1 saturated heterocycles. The van der Waals surface area contributed by atoms with Gasteiger partial charge in [-0.05, 0) is 91.8 Å². The van der Waals surface area contributed by atoms with Crippen molar-refractivity contribution in [2.24, 2.45) is 17.6 Å². The number of likely N-dealkylation sites (tertiary alicyclic amines) is 1. The Morgan fingerprint density at radius 1 is 0.669 bits per heavy atom. The van der Waals surface area contributed by atoms with Crippen molar-refractivity contribution in [3.05, 3.63) is 91.5 Å². The summed E-state index contributed by atoms with van der Waals surface area (Å²) in [5.74, 6) is -7.48. The number of nitrogens with zero attached hydrogens (tertiary/aromatic N) is 3. The van der Waals surface area contributed by atoms with Gasteiger partial charge in [-0.3, -0.25) is 43.3 Å². The van der Waals surface area contributed by atoms with Crippen molar-refractivity contribution >= 4 is 76.0 Å². The van der Waals surface area contributed by atoms with E-state index in [-0.39, 0.29) is 108 Å². The predicted octanol–water partition coefficient (Wildman–Crippen LogP) is 2.06. The van der Waals surface area contributed by atoms with Crippen molar-refractivity contribution in [2.45, 2.75) is 136 Å². The Morgan fingerprint density at radius 2 is 1.22 bits per heavy atom. The monoisotopic (exact) mass is 1660 g/mol. The fourth-order valence-corrected chi connectivity index (χ4v) is 13.5. The summed E-state index contributed by atoms with van der Waals surface area (Å²) in [6.07, 6.45) is -0.454. The van der Waals surface area contributed by atoms with E-state index in [0.717, 1.165) is 4.90 Å². The summed E-state index contributed by atoms with van der Waals surface area (Å²) in [6, 6.07) is 3.57. The van der Waals surface area contributed by atoms with Crippen LogP contribution in [0.15, 0.2) is 41.2 Å². The van der Waals surface area contributed by atoms with Crippen molar-refractivity contribution in [1.29, 1.82) is 0 Å². The summed E-state index contributed by atoms with van der Waals surface area (Å²) in [4.78, 5) is 153. The number of imide groups is 1. The molecule has 4 aliphatic rings. The number of hydrogen-bond acceptors (Lipinski definition) is 27. The van der Waals surface area contributed by atoms with Gasteiger partial charge in [-0.2, -0.15) is 0 Å². The number of esters is 1. The number of benzene rings is 2. The van der Waals surface area contributed by atoms with E-state index in [0.29, 0.717) is 195 Å². The van der Waals surface area contributed by atoms with Gasteiger partial charge < -0.3 is 119 Å². The first-order valence-corrected chi connectivity index (χ1v) is 40.0. The number of rotatable bonds is 57. The number of fused-ring (bicyclic) bond motifs is 5. The number of amides is 10. The molecule has 2 unspecified atom stereocenters. The summed E-state index contributed by atoms with van der Waals surface area (Å²) in [5, 5.41) is 30.9. The molecule has 1 fully saturated rings. The van der Waals surface area contributed by atoms with Crippen LogP contribution in [0.4, 0.5) is 19.7 Å².